The number of hydrogen-bond acceptors (Lipinski definition) is 3. The summed E-state index contributed by atoms with van der Waals surface area (Å²) in [5.41, 5.74) is -0.110. The molecule has 0 aliphatic rings. The molecule has 0 aliphatic carbocycles. The van der Waals surface area contributed by atoms with E-state index in [-0.39, 0.29) is 5.56 Å². The molecule has 0 saturated heterocycles. The van der Waals surface area contributed by atoms with E-state index in [1.807, 2.05) is 0 Å². The first kappa shape index (κ1) is 18.0. The Labute approximate surface area is 117 Å². The summed E-state index contributed by atoms with van der Waals surface area (Å²) >= 11 is 0. The van der Waals surface area contributed by atoms with Crippen molar-refractivity contribution in [1.29, 1.82) is 0 Å². The molecule has 0 spiro atoms. The first-order valence-electron chi connectivity index (χ1n) is 5.29. The maximum atomic E-state index is 12.5. The fourth-order valence-electron chi connectivity index (χ4n) is 1.14. The third-order valence-corrected chi connectivity index (χ3v) is 2.14. The maximum Gasteiger partial charge on any atom is 0.573 e. The van der Waals surface area contributed by atoms with Crippen molar-refractivity contribution in [3.8, 4) is 5.75 Å². The molecule has 0 fully saturated rings. The minimum Gasteiger partial charge on any atom is -0.456 e. The predicted octanol–water partition coefficient (Wildman–Crippen LogP) is 3.83. The van der Waals surface area contributed by atoms with E-state index in [2.05, 4.69) is 9.47 Å². The van der Waals surface area contributed by atoms with Crippen LogP contribution in [0, 0.1) is 0 Å². The van der Waals surface area contributed by atoms with Crippen molar-refractivity contribution in [3.05, 3.63) is 29.8 Å². The fourth-order valence-corrected chi connectivity index (χ4v) is 1.14. The number of hydrogen-bond donors (Lipinski definition) is 0. The Morgan fingerprint density at radius 2 is 1.41 bits per heavy atom. The van der Waals surface area contributed by atoms with Crippen molar-refractivity contribution in [1.82, 2.24) is 0 Å². The monoisotopic (exact) mass is 338 g/mol. The van der Waals surface area contributed by atoms with Gasteiger partial charge in [0.2, 0.25) is 0 Å². The lowest BCUT2D eigenvalue weighted by atomic mass is 10.2. The molecule has 0 saturated carbocycles. The lowest BCUT2D eigenvalue weighted by Gasteiger charge is -2.17. The van der Waals surface area contributed by atoms with Crippen LogP contribution in [0.4, 0.5) is 35.1 Å². The first-order chi connectivity index (χ1) is 9.83. The highest BCUT2D eigenvalue weighted by atomic mass is 19.4. The van der Waals surface area contributed by atoms with Crippen LogP contribution in [0.2, 0.25) is 0 Å². The molecule has 1 aromatic carbocycles. The Morgan fingerprint density at radius 1 is 0.909 bits per heavy atom. The molecule has 22 heavy (non-hydrogen) atoms. The van der Waals surface area contributed by atoms with Crippen LogP contribution in [0.25, 0.3) is 0 Å². The Morgan fingerprint density at radius 3 is 1.82 bits per heavy atom. The van der Waals surface area contributed by atoms with Crippen LogP contribution < -0.4 is 4.74 Å². The highest BCUT2D eigenvalue weighted by Gasteiger charge is 2.64. The lowest BCUT2D eigenvalue weighted by molar-refractivity contribution is -0.281. The minimum atomic E-state index is -6.10. The largest absolute Gasteiger partial charge is 0.573 e. The zero-order chi connectivity index (χ0) is 17.2. The third-order valence-electron chi connectivity index (χ3n) is 2.14. The van der Waals surface area contributed by atoms with Gasteiger partial charge in [0.25, 0.3) is 0 Å². The van der Waals surface area contributed by atoms with Crippen molar-refractivity contribution in [2.24, 2.45) is 0 Å². The quantitative estimate of drug-likeness (QED) is 0.618. The second-order valence-corrected chi connectivity index (χ2v) is 3.84. The van der Waals surface area contributed by atoms with Crippen LogP contribution in [-0.4, -0.2) is 24.4 Å². The van der Waals surface area contributed by atoms with Crippen molar-refractivity contribution < 1.29 is 49.4 Å². The Hall–Kier alpha value is -2.07. The third kappa shape index (κ3) is 4.74. The normalized spacial score (nSPS) is 12.9. The van der Waals surface area contributed by atoms with Gasteiger partial charge in [-0.05, 0) is 17.7 Å². The van der Waals surface area contributed by atoms with Gasteiger partial charge in [-0.3, -0.25) is 0 Å². The van der Waals surface area contributed by atoms with Gasteiger partial charge in [-0.15, -0.1) is 13.2 Å². The summed E-state index contributed by atoms with van der Waals surface area (Å²) < 4.78 is 103. The summed E-state index contributed by atoms with van der Waals surface area (Å²) in [7, 11) is 0. The molecule has 11 heteroatoms. The van der Waals surface area contributed by atoms with Gasteiger partial charge < -0.3 is 9.47 Å². The van der Waals surface area contributed by atoms with Crippen LogP contribution in [0.15, 0.2) is 24.3 Å². The van der Waals surface area contributed by atoms with E-state index in [0.29, 0.717) is 0 Å². The van der Waals surface area contributed by atoms with Crippen molar-refractivity contribution >= 4 is 5.97 Å². The molecule has 0 atom stereocenters. The van der Waals surface area contributed by atoms with E-state index in [1.165, 1.54) is 0 Å². The van der Waals surface area contributed by atoms with Crippen LogP contribution in [0.1, 0.15) is 5.56 Å². The number of benzene rings is 1. The highest BCUT2D eigenvalue weighted by molar-refractivity contribution is 5.78. The number of ether oxygens (including phenoxy) is 2. The smallest absolute Gasteiger partial charge is 0.456 e. The lowest BCUT2D eigenvalue weighted by Crippen LogP contribution is -2.45. The summed E-state index contributed by atoms with van der Waals surface area (Å²) in [6.07, 6.45) is -11.0. The summed E-state index contributed by atoms with van der Waals surface area (Å²) in [5, 5.41) is 0. The van der Waals surface area contributed by atoms with Crippen LogP contribution in [0.5, 0.6) is 5.75 Å². The average molecular weight is 338 g/mol. The number of alkyl halides is 8. The van der Waals surface area contributed by atoms with Gasteiger partial charge >= 0.3 is 24.4 Å². The predicted molar refractivity (Wildman–Crippen MR) is 53.9 cm³/mol. The summed E-state index contributed by atoms with van der Waals surface area (Å²) in [6.45, 7) is -0.975. The van der Waals surface area contributed by atoms with E-state index >= 15 is 0 Å². The molecule has 0 radical (unpaired) electrons. The van der Waals surface area contributed by atoms with Crippen molar-refractivity contribution in [2.45, 2.75) is 25.1 Å². The second kappa shape index (κ2) is 5.97. The number of carbonyl (C=O) groups excluding carboxylic acids is 1. The molecule has 0 N–H and O–H groups in total. The topological polar surface area (TPSA) is 35.5 Å². The molecule has 0 unspecified atom stereocenters. The Kier molecular flexibility index (Phi) is 4.88. The number of esters is 1. The van der Waals surface area contributed by atoms with Crippen LogP contribution in [0.3, 0.4) is 0 Å². The zero-order valence-electron chi connectivity index (χ0n) is 10.3. The molecule has 0 aromatic heterocycles. The molecule has 1 aromatic rings. The molecule has 0 heterocycles. The van der Waals surface area contributed by atoms with Gasteiger partial charge in [0, 0.05) is 0 Å². The standard InChI is InChI=1S/C11H6F8O3/c12-9(13,10(14,15)16)8(20)21-5-6-1-3-7(4-2-6)22-11(17,18)19/h1-4H,5H2. The molecular weight excluding hydrogens is 332 g/mol. The number of carbonyl (C=O) groups is 1. The van der Waals surface area contributed by atoms with Gasteiger partial charge in [0.15, 0.2) is 0 Å². The van der Waals surface area contributed by atoms with E-state index < -0.39 is 36.8 Å². The van der Waals surface area contributed by atoms with Gasteiger partial charge in [-0.1, -0.05) is 12.1 Å². The number of halogens is 8. The molecule has 3 nitrogen and oxygen atoms in total. The minimum absolute atomic E-state index is 0.110. The molecule has 124 valence electrons. The van der Waals surface area contributed by atoms with Gasteiger partial charge in [-0.25, -0.2) is 4.79 Å². The summed E-state index contributed by atoms with van der Waals surface area (Å²) in [5.74, 6) is -9.12. The molecule has 1 rings (SSSR count). The van der Waals surface area contributed by atoms with Crippen LogP contribution in [-0.2, 0) is 16.1 Å². The zero-order valence-corrected chi connectivity index (χ0v) is 10.3. The molecule has 0 aliphatic heterocycles. The summed E-state index contributed by atoms with van der Waals surface area (Å²) in [4.78, 5) is 10.7. The van der Waals surface area contributed by atoms with Crippen molar-refractivity contribution in [3.63, 3.8) is 0 Å². The van der Waals surface area contributed by atoms with Gasteiger partial charge in [0.1, 0.15) is 12.4 Å². The second-order valence-electron chi connectivity index (χ2n) is 3.84. The molecule has 0 bridgehead atoms. The molecule has 0 amide bonds. The Bertz CT molecular complexity index is 518. The van der Waals surface area contributed by atoms with E-state index in [4.69, 9.17) is 0 Å². The van der Waals surface area contributed by atoms with E-state index in [9.17, 15) is 39.9 Å². The Balaban J connectivity index is 2.64. The summed E-state index contributed by atoms with van der Waals surface area (Å²) in [6, 6.07) is 3.36. The average Bonchev–Trinajstić information content (AvgIpc) is 2.34. The first-order valence-corrected chi connectivity index (χ1v) is 5.29. The SMILES string of the molecule is O=C(OCc1ccc(OC(F)(F)F)cc1)C(F)(F)C(F)(F)F. The van der Waals surface area contributed by atoms with Crippen molar-refractivity contribution in [2.75, 3.05) is 0 Å². The molecular formula is C11H6F8O3. The highest BCUT2D eigenvalue weighted by Crippen LogP contribution is 2.36. The van der Waals surface area contributed by atoms with Crippen LogP contribution >= 0.6 is 0 Å². The maximum absolute atomic E-state index is 12.5. The van der Waals surface area contributed by atoms with E-state index in [1.54, 1.807) is 0 Å². The number of rotatable bonds is 4. The van der Waals surface area contributed by atoms with Gasteiger partial charge in [0.05, 0.1) is 0 Å². The van der Waals surface area contributed by atoms with E-state index in [0.717, 1.165) is 24.3 Å². The fraction of sp³-hybridized carbons (Fsp3) is 0.364. The van der Waals surface area contributed by atoms with Gasteiger partial charge in [-0.2, -0.15) is 22.0 Å².